The van der Waals surface area contributed by atoms with E-state index in [-0.39, 0.29) is 24.8 Å². The Morgan fingerprint density at radius 3 is 2.54 bits per heavy atom. The third-order valence-corrected chi connectivity index (χ3v) is 3.67. The molecular formula is C15H22F3N3O3. The molecule has 1 atom stereocenters. The van der Waals surface area contributed by atoms with Gasteiger partial charge in [-0.1, -0.05) is 6.42 Å². The van der Waals surface area contributed by atoms with E-state index in [4.69, 9.17) is 10.8 Å². The minimum absolute atomic E-state index is 0.0113. The lowest BCUT2D eigenvalue weighted by Gasteiger charge is -2.20. The summed E-state index contributed by atoms with van der Waals surface area (Å²) in [6.45, 7) is 0.527. The average Bonchev–Trinajstić information content (AvgIpc) is 2.52. The molecule has 1 amide bonds. The van der Waals surface area contributed by atoms with Gasteiger partial charge in [-0.3, -0.25) is 9.88 Å². The van der Waals surface area contributed by atoms with Crippen LogP contribution in [0.3, 0.4) is 0 Å². The van der Waals surface area contributed by atoms with E-state index in [9.17, 15) is 23.1 Å². The summed E-state index contributed by atoms with van der Waals surface area (Å²) in [7, 11) is 0. The highest BCUT2D eigenvalue weighted by molar-refractivity contribution is 5.85. The van der Waals surface area contributed by atoms with Crippen molar-refractivity contribution < 1.29 is 28.2 Å². The molecule has 0 aliphatic rings. The number of halogens is 3. The number of carbonyl (C=O) groups is 1. The van der Waals surface area contributed by atoms with Gasteiger partial charge >= 0.3 is 12.3 Å². The molecule has 0 radical (unpaired) electrons. The predicted molar refractivity (Wildman–Crippen MR) is 82.7 cm³/mol. The summed E-state index contributed by atoms with van der Waals surface area (Å²) in [5, 5.41) is 18.4. The van der Waals surface area contributed by atoms with Crippen LogP contribution in [0, 0.1) is 5.92 Å². The van der Waals surface area contributed by atoms with Crippen LogP contribution in [0.5, 0.6) is 0 Å². The minimum Gasteiger partial charge on any atom is -0.465 e. The summed E-state index contributed by atoms with van der Waals surface area (Å²) in [6.07, 6.45) is -1.71. The first-order valence-corrected chi connectivity index (χ1v) is 7.63. The van der Waals surface area contributed by atoms with Gasteiger partial charge in [0.15, 0.2) is 0 Å². The van der Waals surface area contributed by atoms with Crippen LogP contribution in [0.2, 0.25) is 0 Å². The van der Waals surface area contributed by atoms with Crippen LogP contribution in [0.4, 0.5) is 23.7 Å². The molecule has 6 nitrogen and oxygen atoms in total. The van der Waals surface area contributed by atoms with Gasteiger partial charge in [-0.05, 0) is 37.8 Å². The Kier molecular flexibility index (Phi) is 7.93. The summed E-state index contributed by atoms with van der Waals surface area (Å²) >= 11 is 0. The van der Waals surface area contributed by atoms with Crippen molar-refractivity contribution in [3.63, 3.8) is 0 Å². The first-order valence-electron chi connectivity index (χ1n) is 7.63. The molecule has 0 aliphatic carbocycles. The fourth-order valence-electron chi connectivity index (χ4n) is 2.33. The highest BCUT2D eigenvalue weighted by Crippen LogP contribution is 2.31. The highest BCUT2D eigenvalue weighted by Gasteiger charge is 2.32. The van der Waals surface area contributed by atoms with Gasteiger partial charge in [-0.15, -0.1) is 0 Å². The number of unbranched alkanes of at least 4 members (excludes halogenated alkanes) is 1. The summed E-state index contributed by atoms with van der Waals surface area (Å²) in [6, 6.07) is 0.770. The van der Waals surface area contributed by atoms with E-state index in [1.165, 1.54) is 0 Å². The lowest BCUT2D eigenvalue weighted by Crippen LogP contribution is -2.30. The Balaban J connectivity index is 2.67. The lowest BCUT2D eigenvalue weighted by molar-refractivity contribution is -0.137. The highest BCUT2D eigenvalue weighted by atomic mass is 19.4. The molecule has 0 aromatic carbocycles. The van der Waals surface area contributed by atoms with Crippen LogP contribution in [0.25, 0.3) is 0 Å². The fraction of sp³-hybridized carbons (Fsp3) is 0.600. The second-order valence-corrected chi connectivity index (χ2v) is 5.49. The molecule has 0 unspecified atom stereocenters. The summed E-state index contributed by atoms with van der Waals surface area (Å²) in [5.41, 5.74) is 4.32. The summed E-state index contributed by atoms with van der Waals surface area (Å²) in [4.78, 5) is 15.6. The number of rotatable bonds is 9. The fourth-order valence-corrected chi connectivity index (χ4v) is 2.33. The number of aliphatic hydroxyl groups is 1. The molecule has 4 N–H and O–H groups in total. The van der Waals surface area contributed by atoms with Crippen molar-refractivity contribution in [2.75, 3.05) is 24.6 Å². The Morgan fingerprint density at radius 1 is 1.29 bits per heavy atom. The van der Waals surface area contributed by atoms with Crippen LogP contribution >= 0.6 is 0 Å². The monoisotopic (exact) mass is 349 g/mol. The van der Waals surface area contributed by atoms with Gasteiger partial charge in [0.1, 0.15) is 0 Å². The Hall–Kier alpha value is -1.87. The maximum Gasteiger partial charge on any atom is 0.417 e. The zero-order chi connectivity index (χ0) is 18.2. The molecule has 0 saturated carbocycles. The maximum atomic E-state index is 12.7. The molecule has 24 heavy (non-hydrogen) atoms. The molecule has 0 aliphatic heterocycles. The van der Waals surface area contributed by atoms with Crippen LogP contribution in [0.15, 0.2) is 18.5 Å². The van der Waals surface area contributed by atoms with Gasteiger partial charge in [0, 0.05) is 19.3 Å². The molecule has 0 spiro atoms. The molecule has 136 valence electrons. The van der Waals surface area contributed by atoms with Gasteiger partial charge < -0.3 is 15.9 Å². The number of nitrogens with two attached hydrogens (primary N) is 1. The number of amides is 1. The summed E-state index contributed by atoms with van der Waals surface area (Å²) < 4.78 is 38.1. The Bertz CT molecular complexity index is 526. The van der Waals surface area contributed by atoms with E-state index >= 15 is 0 Å². The second-order valence-electron chi connectivity index (χ2n) is 5.49. The number of pyridine rings is 1. The Morgan fingerprint density at radius 2 is 2.00 bits per heavy atom. The SMILES string of the molecule is NCC[C@H](CO)CCCCN(C(=O)O)c1cncc(C(F)(F)F)c1. The van der Waals surface area contributed by atoms with Gasteiger partial charge in [0.25, 0.3) is 0 Å². The van der Waals surface area contributed by atoms with E-state index in [0.29, 0.717) is 38.4 Å². The van der Waals surface area contributed by atoms with Gasteiger partial charge in [0.2, 0.25) is 0 Å². The molecule has 0 saturated heterocycles. The van der Waals surface area contributed by atoms with Gasteiger partial charge in [0.05, 0.1) is 17.4 Å². The smallest absolute Gasteiger partial charge is 0.417 e. The van der Waals surface area contributed by atoms with Crippen LogP contribution in [-0.2, 0) is 6.18 Å². The predicted octanol–water partition coefficient (Wildman–Crippen LogP) is 2.71. The van der Waals surface area contributed by atoms with Crippen molar-refractivity contribution in [2.24, 2.45) is 11.7 Å². The van der Waals surface area contributed by atoms with E-state index < -0.39 is 17.8 Å². The van der Waals surface area contributed by atoms with Crippen molar-refractivity contribution in [3.05, 3.63) is 24.0 Å². The average molecular weight is 349 g/mol. The Labute approximate surface area is 138 Å². The topological polar surface area (TPSA) is 99.7 Å². The maximum absolute atomic E-state index is 12.7. The molecule has 1 rings (SSSR count). The zero-order valence-electron chi connectivity index (χ0n) is 13.2. The van der Waals surface area contributed by atoms with E-state index in [1.54, 1.807) is 0 Å². The number of nitrogens with zero attached hydrogens (tertiary/aromatic N) is 2. The third-order valence-electron chi connectivity index (χ3n) is 3.67. The van der Waals surface area contributed by atoms with Crippen molar-refractivity contribution in [2.45, 2.75) is 31.9 Å². The largest absolute Gasteiger partial charge is 0.465 e. The number of aromatic nitrogens is 1. The number of alkyl halides is 3. The number of hydrogen-bond acceptors (Lipinski definition) is 4. The zero-order valence-corrected chi connectivity index (χ0v) is 13.2. The lowest BCUT2D eigenvalue weighted by atomic mass is 9.99. The molecular weight excluding hydrogens is 327 g/mol. The standard InChI is InChI=1S/C15H22F3N3O3/c16-15(17,18)12-7-13(9-20-8-12)21(14(23)24)6-2-1-3-11(10-22)4-5-19/h7-9,11,22H,1-6,10,19H2,(H,23,24)/t11-/m1/s1. The number of hydrogen-bond donors (Lipinski definition) is 3. The van der Waals surface area contributed by atoms with Crippen molar-refractivity contribution >= 4 is 11.8 Å². The van der Waals surface area contributed by atoms with Crippen molar-refractivity contribution in [3.8, 4) is 0 Å². The van der Waals surface area contributed by atoms with Crippen LogP contribution < -0.4 is 10.6 Å². The van der Waals surface area contributed by atoms with Gasteiger partial charge in [-0.25, -0.2) is 4.79 Å². The normalized spacial score (nSPS) is 12.9. The molecule has 0 bridgehead atoms. The molecule has 1 aromatic rings. The first kappa shape index (κ1) is 20.2. The van der Waals surface area contributed by atoms with Crippen molar-refractivity contribution in [1.29, 1.82) is 0 Å². The molecule has 9 heteroatoms. The van der Waals surface area contributed by atoms with E-state index in [2.05, 4.69) is 4.98 Å². The molecule has 1 heterocycles. The van der Waals surface area contributed by atoms with Crippen LogP contribution in [-0.4, -0.2) is 41.0 Å². The van der Waals surface area contributed by atoms with Gasteiger partial charge in [-0.2, -0.15) is 13.2 Å². The molecule has 1 aromatic heterocycles. The van der Waals surface area contributed by atoms with Crippen LogP contribution in [0.1, 0.15) is 31.2 Å². The first-order chi connectivity index (χ1) is 11.3. The number of carboxylic acid groups (broad SMARTS) is 1. The number of aliphatic hydroxyl groups excluding tert-OH is 1. The minimum atomic E-state index is -4.58. The molecule has 0 fully saturated rings. The second kappa shape index (κ2) is 9.43. The quantitative estimate of drug-likeness (QED) is 0.595. The summed E-state index contributed by atoms with van der Waals surface area (Å²) in [5.74, 6) is 0.0588. The van der Waals surface area contributed by atoms with Crippen molar-refractivity contribution in [1.82, 2.24) is 4.98 Å². The van der Waals surface area contributed by atoms with E-state index in [1.807, 2.05) is 0 Å². The third kappa shape index (κ3) is 6.32. The van der Waals surface area contributed by atoms with E-state index in [0.717, 1.165) is 17.2 Å². The number of anilines is 1.